The van der Waals surface area contributed by atoms with Crippen molar-refractivity contribution >= 4 is 54.8 Å². The fourth-order valence-electron chi connectivity index (χ4n) is 6.42. The number of hydrogen-bond acceptors (Lipinski definition) is 5. The van der Waals surface area contributed by atoms with E-state index in [0.29, 0.717) is 11.5 Å². The molecule has 0 aliphatic rings. The van der Waals surface area contributed by atoms with Crippen LogP contribution in [-0.4, -0.2) is 28.7 Å². The van der Waals surface area contributed by atoms with Gasteiger partial charge in [0.15, 0.2) is 0 Å². The van der Waals surface area contributed by atoms with Gasteiger partial charge in [0.05, 0.1) is 11.3 Å². The van der Waals surface area contributed by atoms with Crippen molar-refractivity contribution in [3.63, 3.8) is 0 Å². The number of hydrogen-bond donors (Lipinski definition) is 0. The second-order valence-electron chi connectivity index (χ2n) is 10.8. The molecule has 0 atom stereocenters. The molecule has 9 aromatic rings. The summed E-state index contributed by atoms with van der Waals surface area (Å²) in [6, 6.07) is 28.0. The minimum Gasteiger partial charge on any atom is -0.497 e. The number of pyridine rings is 2. The molecule has 9 rings (SSSR count). The van der Waals surface area contributed by atoms with E-state index in [1.165, 1.54) is 22.3 Å². The van der Waals surface area contributed by atoms with E-state index < -0.39 is 0 Å². The summed E-state index contributed by atoms with van der Waals surface area (Å²) in [7, 11) is 0. The van der Waals surface area contributed by atoms with Crippen LogP contribution in [0.15, 0.2) is 98.0 Å². The van der Waals surface area contributed by atoms with Crippen molar-refractivity contribution in [1.82, 2.24) is 28.7 Å². The molecule has 7 nitrogen and oxygen atoms in total. The fourth-order valence-corrected chi connectivity index (χ4v) is 6.42. The van der Waals surface area contributed by atoms with Gasteiger partial charge in [-0.25, -0.2) is 9.97 Å². The first-order chi connectivity index (χ1) is 21.1. The number of benzene rings is 4. The van der Waals surface area contributed by atoms with Crippen LogP contribution in [0.2, 0.25) is 0 Å². The van der Waals surface area contributed by atoms with Crippen LogP contribution in [0.3, 0.4) is 0 Å². The summed E-state index contributed by atoms with van der Waals surface area (Å²) in [5, 5.41) is 5.84. The molecule has 0 aliphatic heterocycles. The summed E-state index contributed by atoms with van der Waals surface area (Å²) in [4.78, 5) is 18.0. The van der Waals surface area contributed by atoms with Crippen LogP contribution in [0.25, 0.3) is 65.9 Å². The van der Waals surface area contributed by atoms with E-state index in [0.717, 1.165) is 54.8 Å². The number of fused-ring (bicyclic) bond motifs is 12. The first-order valence-corrected chi connectivity index (χ1v) is 14.0. The molecule has 5 aromatic heterocycles. The van der Waals surface area contributed by atoms with E-state index in [1.807, 2.05) is 47.4 Å². The molecule has 0 saturated heterocycles. The van der Waals surface area contributed by atoms with Crippen LogP contribution in [0, 0.1) is 26.0 Å². The Bertz CT molecular complexity index is 2570. The van der Waals surface area contributed by atoms with Crippen molar-refractivity contribution in [3.8, 4) is 22.6 Å². The zero-order chi connectivity index (χ0) is 28.7. The van der Waals surface area contributed by atoms with Crippen LogP contribution in [0.5, 0.6) is 11.5 Å². The summed E-state index contributed by atoms with van der Waals surface area (Å²) in [6.45, 7) is 4.33. The van der Waals surface area contributed by atoms with Crippen molar-refractivity contribution < 1.29 is 25.8 Å². The number of aryl methyl sites for hydroxylation is 2. The van der Waals surface area contributed by atoms with E-state index >= 15 is 0 Å². The Hall–Kier alpha value is -5.13. The van der Waals surface area contributed by atoms with Crippen LogP contribution < -0.4 is 4.74 Å². The van der Waals surface area contributed by atoms with Gasteiger partial charge in [0.2, 0.25) is 0 Å². The minimum atomic E-state index is 0. The van der Waals surface area contributed by atoms with E-state index in [4.69, 9.17) is 9.72 Å². The number of ether oxygens (including phenoxy) is 1. The normalized spacial score (nSPS) is 11.7. The third-order valence-corrected chi connectivity index (χ3v) is 8.31. The Labute approximate surface area is 266 Å². The molecule has 4 aromatic carbocycles. The van der Waals surface area contributed by atoms with Crippen LogP contribution in [0.4, 0.5) is 0 Å². The quantitative estimate of drug-likeness (QED) is 0.135. The fraction of sp³-hybridized carbons (Fsp3) is 0.0556. The zero-order valence-corrected chi connectivity index (χ0v) is 25.9. The van der Waals surface area contributed by atoms with Gasteiger partial charge < -0.3 is 13.5 Å². The number of nitrogens with zero attached hydrogens (tertiary/aromatic N) is 6. The molecule has 0 amide bonds. The molecular weight excluding hydrogens is 728 g/mol. The Kier molecular flexibility index (Phi) is 6.00. The SMILES string of the molecule is Cc1cccc(C)c1-c1ccc2c3ccc(Oc4[c-]c5c(cc4)c4cncnc4n4ccnc54)[c-]c3c3nccn3c2c1.[Pt+2]. The van der Waals surface area contributed by atoms with Gasteiger partial charge in [-0.2, -0.15) is 0 Å². The Morgan fingerprint density at radius 2 is 1.30 bits per heavy atom. The molecule has 0 spiro atoms. The summed E-state index contributed by atoms with van der Waals surface area (Å²) < 4.78 is 10.4. The van der Waals surface area contributed by atoms with Crippen molar-refractivity contribution in [1.29, 1.82) is 0 Å². The molecule has 0 N–H and O–H groups in total. The van der Waals surface area contributed by atoms with E-state index in [-0.39, 0.29) is 21.1 Å². The predicted molar refractivity (Wildman–Crippen MR) is 169 cm³/mol. The smallest absolute Gasteiger partial charge is 0.497 e. The van der Waals surface area contributed by atoms with Crippen LogP contribution in [-0.2, 0) is 21.1 Å². The van der Waals surface area contributed by atoms with Crippen molar-refractivity contribution in [3.05, 3.63) is 121 Å². The van der Waals surface area contributed by atoms with Crippen LogP contribution >= 0.6 is 0 Å². The van der Waals surface area contributed by atoms with Gasteiger partial charge in [-0.05, 0) is 47.6 Å². The molecule has 8 heteroatoms. The van der Waals surface area contributed by atoms with Gasteiger partial charge in [-0.15, -0.1) is 12.1 Å². The summed E-state index contributed by atoms with van der Waals surface area (Å²) in [5.41, 5.74) is 8.49. The first kappa shape index (κ1) is 26.5. The number of rotatable bonds is 3. The second kappa shape index (κ2) is 9.97. The van der Waals surface area contributed by atoms with Crippen molar-refractivity contribution in [2.45, 2.75) is 13.8 Å². The van der Waals surface area contributed by atoms with Crippen LogP contribution in [0.1, 0.15) is 11.1 Å². The zero-order valence-electron chi connectivity index (χ0n) is 23.6. The van der Waals surface area contributed by atoms with Gasteiger partial charge >= 0.3 is 21.1 Å². The third-order valence-electron chi connectivity index (χ3n) is 8.31. The average Bonchev–Trinajstić information content (AvgIpc) is 3.73. The molecule has 0 bridgehead atoms. The number of aromatic nitrogens is 6. The Morgan fingerprint density at radius 3 is 2.02 bits per heavy atom. The summed E-state index contributed by atoms with van der Waals surface area (Å²) >= 11 is 0. The standard InChI is InChI=1S/C36H22N6O.Pt/c1-21-4-3-5-22(2)33(21)23-6-9-28-26-10-7-24(17-29(26)34-38-12-14-41(34)32(28)16-23)43-25-8-11-27-30(18-25)35-39-13-15-42(35)36-31(27)19-37-20-40-36;/h3-16,19-20H,1-2H3;/q-2;+2. The van der Waals surface area contributed by atoms with Gasteiger partial charge in [-0.1, -0.05) is 76.1 Å². The minimum absolute atomic E-state index is 0. The second-order valence-corrected chi connectivity index (χ2v) is 10.8. The monoisotopic (exact) mass is 749 g/mol. The third kappa shape index (κ3) is 3.86. The largest absolute Gasteiger partial charge is 2.00 e. The Morgan fingerprint density at radius 1 is 0.659 bits per heavy atom. The van der Waals surface area contributed by atoms with E-state index in [1.54, 1.807) is 12.5 Å². The average molecular weight is 750 g/mol. The number of imidazole rings is 2. The van der Waals surface area contributed by atoms with Gasteiger partial charge in [0.1, 0.15) is 12.0 Å². The van der Waals surface area contributed by atoms with E-state index in [9.17, 15) is 0 Å². The Balaban J connectivity index is 0.00000289. The van der Waals surface area contributed by atoms with E-state index in [2.05, 4.69) is 87.8 Å². The maximum atomic E-state index is 6.36. The molecule has 0 fully saturated rings. The van der Waals surface area contributed by atoms with Crippen molar-refractivity contribution in [2.24, 2.45) is 0 Å². The predicted octanol–water partition coefficient (Wildman–Crippen LogP) is 8.06. The molecule has 0 saturated carbocycles. The molecule has 44 heavy (non-hydrogen) atoms. The maximum absolute atomic E-state index is 6.36. The summed E-state index contributed by atoms with van der Waals surface area (Å²) in [5.74, 6) is 1.16. The maximum Gasteiger partial charge on any atom is 2.00 e. The first-order valence-electron chi connectivity index (χ1n) is 14.0. The van der Waals surface area contributed by atoms with Crippen molar-refractivity contribution in [2.75, 3.05) is 0 Å². The topological polar surface area (TPSA) is 69.6 Å². The molecule has 0 unspecified atom stereocenters. The van der Waals surface area contributed by atoms with Gasteiger partial charge in [0.25, 0.3) is 0 Å². The van der Waals surface area contributed by atoms with Gasteiger partial charge in [0, 0.05) is 53.4 Å². The molecule has 212 valence electrons. The summed E-state index contributed by atoms with van der Waals surface area (Å²) in [6.07, 6.45) is 10.9. The molecular formula is C36H22N6OPt. The molecule has 0 aliphatic carbocycles. The van der Waals surface area contributed by atoms with Gasteiger partial charge in [-0.3, -0.25) is 9.97 Å². The molecule has 0 radical (unpaired) electrons. The molecule has 5 heterocycles.